The SMILES string of the molecule is COc1ccc(-c2ccc(CO)c(=O)[nH]2)cc1Cl. The predicted molar refractivity (Wildman–Crippen MR) is 70.0 cm³/mol. The molecule has 5 heteroatoms. The molecule has 1 aromatic carbocycles. The molecule has 0 atom stereocenters. The molecular weight excluding hydrogens is 254 g/mol. The lowest BCUT2D eigenvalue weighted by Crippen LogP contribution is -2.12. The standard InChI is InChI=1S/C13H12ClNO3/c1-18-12-5-3-8(6-10(12)14)11-4-2-9(7-16)13(17)15-11/h2-6,16H,7H2,1H3,(H,15,17). The summed E-state index contributed by atoms with van der Waals surface area (Å²) in [5.41, 5.74) is 1.45. The van der Waals surface area contributed by atoms with Crippen LogP contribution in [0.4, 0.5) is 0 Å². The Morgan fingerprint density at radius 2 is 2.11 bits per heavy atom. The Kier molecular flexibility index (Phi) is 3.69. The van der Waals surface area contributed by atoms with Crippen molar-refractivity contribution in [1.82, 2.24) is 4.98 Å². The third-order valence-electron chi connectivity index (χ3n) is 2.62. The predicted octanol–water partition coefficient (Wildman–Crippen LogP) is 2.20. The van der Waals surface area contributed by atoms with Crippen molar-refractivity contribution in [3.05, 3.63) is 51.3 Å². The maximum Gasteiger partial charge on any atom is 0.253 e. The molecule has 18 heavy (non-hydrogen) atoms. The number of aromatic amines is 1. The summed E-state index contributed by atoms with van der Waals surface area (Å²) in [6, 6.07) is 8.56. The molecule has 2 rings (SSSR count). The number of hydrogen-bond acceptors (Lipinski definition) is 3. The number of pyridine rings is 1. The van der Waals surface area contributed by atoms with E-state index in [4.69, 9.17) is 21.4 Å². The van der Waals surface area contributed by atoms with Gasteiger partial charge in [-0.05, 0) is 35.9 Å². The summed E-state index contributed by atoms with van der Waals surface area (Å²) in [5.74, 6) is 0.578. The van der Waals surface area contributed by atoms with Gasteiger partial charge in [-0.25, -0.2) is 0 Å². The first-order valence-corrected chi connectivity index (χ1v) is 5.70. The number of aromatic nitrogens is 1. The van der Waals surface area contributed by atoms with E-state index in [0.29, 0.717) is 22.0 Å². The van der Waals surface area contributed by atoms with Crippen LogP contribution in [0.5, 0.6) is 5.75 Å². The second-order valence-electron chi connectivity index (χ2n) is 3.73. The third-order valence-corrected chi connectivity index (χ3v) is 2.92. The lowest BCUT2D eigenvalue weighted by Gasteiger charge is -2.06. The second kappa shape index (κ2) is 5.25. The summed E-state index contributed by atoms with van der Waals surface area (Å²) in [6.07, 6.45) is 0. The minimum Gasteiger partial charge on any atom is -0.495 e. The third kappa shape index (κ3) is 2.39. The zero-order valence-electron chi connectivity index (χ0n) is 9.74. The fourth-order valence-corrected chi connectivity index (χ4v) is 1.89. The Morgan fingerprint density at radius 3 is 2.67 bits per heavy atom. The highest BCUT2D eigenvalue weighted by Crippen LogP contribution is 2.28. The van der Waals surface area contributed by atoms with Crippen molar-refractivity contribution in [3.8, 4) is 17.0 Å². The molecule has 0 saturated heterocycles. The molecule has 0 bridgehead atoms. The summed E-state index contributed by atoms with van der Waals surface area (Å²) in [4.78, 5) is 14.3. The molecule has 4 nitrogen and oxygen atoms in total. The normalized spacial score (nSPS) is 10.4. The van der Waals surface area contributed by atoms with Gasteiger partial charge in [0.1, 0.15) is 5.75 Å². The highest BCUT2D eigenvalue weighted by molar-refractivity contribution is 6.32. The average molecular weight is 266 g/mol. The van der Waals surface area contributed by atoms with Crippen molar-refractivity contribution in [3.63, 3.8) is 0 Å². The number of nitrogens with one attached hydrogen (secondary N) is 1. The maximum absolute atomic E-state index is 11.6. The number of halogens is 1. The summed E-state index contributed by atoms with van der Waals surface area (Å²) >= 11 is 6.02. The second-order valence-corrected chi connectivity index (χ2v) is 4.14. The largest absolute Gasteiger partial charge is 0.495 e. The highest BCUT2D eigenvalue weighted by atomic mass is 35.5. The molecule has 0 aliphatic rings. The van der Waals surface area contributed by atoms with Crippen LogP contribution in [-0.4, -0.2) is 17.2 Å². The van der Waals surface area contributed by atoms with Crippen LogP contribution in [0, 0.1) is 0 Å². The molecule has 2 N–H and O–H groups in total. The summed E-state index contributed by atoms with van der Waals surface area (Å²) in [7, 11) is 1.54. The van der Waals surface area contributed by atoms with Gasteiger partial charge in [0, 0.05) is 11.3 Å². The lowest BCUT2D eigenvalue weighted by molar-refractivity contribution is 0.280. The minimum atomic E-state index is -0.304. The van der Waals surface area contributed by atoms with Crippen molar-refractivity contribution in [1.29, 1.82) is 0 Å². The van der Waals surface area contributed by atoms with E-state index in [9.17, 15) is 4.79 Å². The molecule has 94 valence electrons. The first kappa shape index (κ1) is 12.7. The van der Waals surface area contributed by atoms with Gasteiger partial charge in [0.2, 0.25) is 0 Å². The summed E-state index contributed by atoms with van der Waals surface area (Å²) < 4.78 is 5.06. The highest BCUT2D eigenvalue weighted by Gasteiger charge is 2.06. The van der Waals surface area contributed by atoms with Gasteiger partial charge in [-0.15, -0.1) is 0 Å². The van der Waals surface area contributed by atoms with Crippen LogP contribution in [0.2, 0.25) is 5.02 Å². The Bertz CT molecular complexity index is 622. The Hall–Kier alpha value is -1.78. The topological polar surface area (TPSA) is 62.3 Å². The number of aliphatic hydroxyl groups excluding tert-OH is 1. The van der Waals surface area contributed by atoms with E-state index in [-0.39, 0.29) is 12.2 Å². The van der Waals surface area contributed by atoms with E-state index >= 15 is 0 Å². The molecule has 0 radical (unpaired) electrons. The minimum absolute atomic E-state index is 0.279. The van der Waals surface area contributed by atoms with E-state index < -0.39 is 0 Å². The molecule has 0 unspecified atom stereocenters. The maximum atomic E-state index is 11.6. The van der Waals surface area contributed by atoms with Crippen molar-refractivity contribution in [2.75, 3.05) is 7.11 Å². The van der Waals surface area contributed by atoms with Gasteiger partial charge in [-0.3, -0.25) is 4.79 Å². The van der Waals surface area contributed by atoms with Crippen LogP contribution in [0.15, 0.2) is 35.1 Å². The van der Waals surface area contributed by atoms with Crippen molar-refractivity contribution in [2.24, 2.45) is 0 Å². The molecular formula is C13H12ClNO3. The fraction of sp³-hybridized carbons (Fsp3) is 0.154. The average Bonchev–Trinajstić information content (AvgIpc) is 2.38. The smallest absolute Gasteiger partial charge is 0.253 e. The van der Waals surface area contributed by atoms with Crippen LogP contribution >= 0.6 is 11.6 Å². The number of methoxy groups -OCH3 is 1. The van der Waals surface area contributed by atoms with Crippen molar-refractivity contribution < 1.29 is 9.84 Å². The van der Waals surface area contributed by atoms with Gasteiger partial charge < -0.3 is 14.8 Å². The van der Waals surface area contributed by atoms with Gasteiger partial charge in [0.25, 0.3) is 5.56 Å². The number of ether oxygens (including phenoxy) is 1. The quantitative estimate of drug-likeness (QED) is 0.894. The molecule has 1 heterocycles. The molecule has 0 saturated carbocycles. The monoisotopic (exact) mass is 265 g/mol. The Balaban J connectivity index is 2.46. The molecule has 0 fully saturated rings. The van der Waals surface area contributed by atoms with Gasteiger partial charge in [-0.1, -0.05) is 11.6 Å². The van der Waals surface area contributed by atoms with Crippen LogP contribution in [0.1, 0.15) is 5.56 Å². The van der Waals surface area contributed by atoms with E-state index in [1.54, 1.807) is 37.4 Å². The van der Waals surface area contributed by atoms with Crippen LogP contribution < -0.4 is 10.3 Å². The lowest BCUT2D eigenvalue weighted by atomic mass is 10.1. The van der Waals surface area contributed by atoms with Crippen LogP contribution in [-0.2, 0) is 6.61 Å². The Labute approximate surface area is 109 Å². The van der Waals surface area contributed by atoms with E-state index in [1.165, 1.54) is 0 Å². The number of aliphatic hydroxyl groups is 1. The van der Waals surface area contributed by atoms with Crippen molar-refractivity contribution >= 4 is 11.6 Å². The molecule has 1 aromatic heterocycles. The van der Waals surface area contributed by atoms with Crippen molar-refractivity contribution in [2.45, 2.75) is 6.61 Å². The van der Waals surface area contributed by atoms with Gasteiger partial charge in [-0.2, -0.15) is 0 Å². The number of benzene rings is 1. The Morgan fingerprint density at radius 1 is 1.33 bits per heavy atom. The van der Waals surface area contributed by atoms with Crippen LogP contribution in [0.25, 0.3) is 11.3 Å². The van der Waals surface area contributed by atoms with E-state index in [0.717, 1.165) is 5.56 Å². The molecule has 0 amide bonds. The first-order valence-electron chi connectivity index (χ1n) is 5.32. The van der Waals surface area contributed by atoms with Gasteiger partial charge >= 0.3 is 0 Å². The zero-order valence-corrected chi connectivity index (χ0v) is 10.5. The zero-order chi connectivity index (χ0) is 13.1. The van der Waals surface area contributed by atoms with Gasteiger partial charge in [0.15, 0.2) is 0 Å². The first-order chi connectivity index (χ1) is 8.65. The molecule has 0 aliphatic carbocycles. The number of hydrogen-bond donors (Lipinski definition) is 2. The molecule has 0 aliphatic heterocycles. The summed E-state index contributed by atoms with van der Waals surface area (Å²) in [6.45, 7) is -0.279. The van der Waals surface area contributed by atoms with Crippen LogP contribution in [0.3, 0.4) is 0 Å². The van der Waals surface area contributed by atoms with Gasteiger partial charge in [0.05, 0.1) is 18.7 Å². The molecule has 2 aromatic rings. The van der Waals surface area contributed by atoms with E-state index in [1.807, 2.05) is 0 Å². The van der Waals surface area contributed by atoms with E-state index in [2.05, 4.69) is 4.98 Å². The number of rotatable bonds is 3. The molecule has 0 spiro atoms. The summed E-state index contributed by atoms with van der Waals surface area (Å²) in [5, 5.41) is 9.41. The fourth-order valence-electron chi connectivity index (χ4n) is 1.63. The number of H-pyrrole nitrogens is 1.